The van der Waals surface area contributed by atoms with Crippen LogP contribution in [-0.4, -0.2) is 7.05 Å². The van der Waals surface area contributed by atoms with E-state index in [4.69, 9.17) is 0 Å². The molecule has 0 aliphatic heterocycles. The molecule has 0 amide bonds. The lowest BCUT2D eigenvalue weighted by molar-refractivity contribution is 0.565. The van der Waals surface area contributed by atoms with E-state index in [1.807, 2.05) is 0 Å². The molecular weight excluding hydrogens is 271 g/mol. The molecule has 0 aromatic heterocycles. The molecule has 0 heterocycles. The van der Waals surface area contributed by atoms with E-state index in [9.17, 15) is 13.2 Å². The maximum Gasteiger partial charge on any atom is 0.140 e. The van der Waals surface area contributed by atoms with Crippen molar-refractivity contribution in [3.05, 3.63) is 59.4 Å². The Hall–Kier alpha value is -1.46. The Labute approximate surface area is 113 Å². The molecular formula is C14H12F3NS. The molecule has 0 radical (unpaired) electrons. The topological polar surface area (TPSA) is 12.0 Å². The molecule has 0 aliphatic rings. The Kier molecular flexibility index (Phi) is 4.50. The quantitative estimate of drug-likeness (QED) is 0.911. The second-order valence-corrected chi connectivity index (χ2v) is 4.99. The van der Waals surface area contributed by atoms with Gasteiger partial charge in [0.05, 0.1) is 4.90 Å². The monoisotopic (exact) mass is 283 g/mol. The molecule has 0 saturated heterocycles. The second-order valence-electron chi connectivity index (χ2n) is 3.94. The smallest absolute Gasteiger partial charge is 0.140 e. The summed E-state index contributed by atoms with van der Waals surface area (Å²) in [5.41, 5.74) is 0.733. The van der Waals surface area contributed by atoms with Gasteiger partial charge >= 0.3 is 0 Å². The highest BCUT2D eigenvalue weighted by atomic mass is 32.2. The zero-order chi connectivity index (χ0) is 13.8. The van der Waals surface area contributed by atoms with Crippen LogP contribution in [-0.2, 0) is 6.54 Å². The van der Waals surface area contributed by atoms with E-state index in [-0.39, 0.29) is 4.90 Å². The van der Waals surface area contributed by atoms with Crippen molar-refractivity contribution < 1.29 is 13.2 Å². The lowest BCUT2D eigenvalue weighted by Crippen LogP contribution is -2.07. The van der Waals surface area contributed by atoms with Crippen molar-refractivity contribution in [2.45, 2.75) is 16.3 Å². The fourth-order valence-corrected chi connectivity index (χ4v) is 2.61. The highest BCUT2D eigenvalue weighted by Gasteiger charge is 2.12. The molecule has 2 aromatic carbocycles. The largest absolute Gasteiger partial charge is 0.316 e. The van der Waals surface area contributed by atoms with Gasteiger partial charge in [0, 0.05) is 17.5 Å². The molecule has 1 N–H and O–H groups in total. The van der Waals surface area contributed by atoms with E-state index < -0.39 is 17.5 Å². The van der Waals surface area contributed by atoms with Crippen molar-refractivity contribution in [2.24, 2.45) is 0 Å². The summed E-state index contributed by atoms with van der Waals surface area (Å²) in [5.74, 6) is -1.75. The van der Waals surface area contributed by atoms with Gasteiger partial charge < -0.3 is 5.32 Å². The van der Waals surface area contributed by atoms with E-state index in [2.05, 4.69) is 5.32 Å². The van der Waals surface area contributed by atoms with Gasteiger partial charge in [0.1, 0.15) is 17.5 Å². The van der Waals surface area contributed by atoms with Crippen molar-refractivity contribution in [1.29, 1.82) is 0 Å². The predicted molar refractivity (Wildman–Crippen MR) is 69.6 cm³/mol. The average molecular weight is 283 g/mol. The SMILES string of the molecule is CNCc1cccc(F)c1Sc1ccc(F)cc1F. The van der Waals surface area contributed by atoms with Crippen molar-refractivity contribution in [2.75, 3.05) is 7.05 Å². The number of rotatable bonds is 4. The van der Waals surface area contributed by atoms with Crippen LogP contribution in [0.5, 0.6) is 0 Å². The van der Waals surface area contributed by atoms with Gasteiger partial charge in [-0.25, -0.2) is 13.2 Å². The fourth-order valence-electron chi connectivity index (χ4n) is 1.67. The molecule has 1 nitrogen and oxygen atoms in total. The molecule has 2 aromatic rings. The molecule has 0 aliphatic carbocycles. The molecule has 0 saturated carbocycles. The summed E-state index contributed by atoms with van der Waals surface area (Å²) in [6, 6.07) is 7.95. The first-order valence-corrected chi connectivity index (χ1v) is 6.48. The minimum absolute atomic E-state index is 0.198. The number of benzene rings is 2. The Morgan fingerprint density at radius 1 is 1.05 bits per heavy atom. The van der Waals surface area contributed by atoms with Gasteiger partial charge in [-0.3, -0.25) is 0 Å². The van der Waals surface area contributed by atoms with Crippen molar-refractivity contribution >= 4 is 11.8 Å². The van der Waals surface area contributed by atoms with Crippen LogP contribution in [0.3, 0.4) is 0 Å². The first-order chi connectivity index (χ1) is 9.11. The standard InChI is InChI=1S/C14H12F3NS/c1-18-8-9-3-2-4-11(16)14(9)19-13-6-5-10(15)7-12(13)17/h2-7,18H,8H2,1H3. The minimum atomic E-state index is -0.691. The Bertz CT molecular complexity index is 587. The van der Waals surface area contributed by atoms with E-state index in [0.717, 1.165) is 29.5 Å². The maximum absolute atomic E-state index is 13.8. The summed E-state index contributed by atoms with van der Waals surface area (Å²) in [6.45, 7) is 0.475. The van der Waals surface area contributed by atoms with Crippen LogP contribution in [0, 0.1) is 17.5 Å². The Balaban J connectivity index is 2.37. The van der Waals surface area contributed by atoms with Crippen LogP contribution in [0.4, 0.5) is 13.2 Å². The van der Waals surface area contributed by atoms with Crippen molar-refractivity contribution in [3.63, 3.8) is 0 Å². The minimum Gasteiger partial charge on any atom is -0.316 e. The van der Waals surface area contributed by atoms with Gasteiger partial charge in [0.2, 0.25) is 0 Å². The number of nitrogens with one attached hydrogen (secondary N) is 1. The summed E-state index contributed by atoms with van der Waals surface area (Å²) in [6.07, 6.45) is 0. The molecule has 2 rings (SSSR count). The average Bonchev–Trinajstić information content (AvgIpc) is 2.36. The number of halogens is 3. The molecule has 5 heteroatoms. The van der Waals surface area contributed by atoms with E-state index in [1.165, 1.54) is 12.1 Å². The van der Waals surface area contributed by atoms with Crippen LogP contribution < -0.4 is 5.32 Å². The van der Waals surface area contributed by atoms with Gasteiger partial charge in [0.25, 0.3) is 0 Å². The molecule has 19 heavy (non-hydrogen) atoms. The third kappa shape index (κ3) is 3.30. The van der Waals surface area contributed by atoms with Crippen molar-refractivity contribution in [3.8, 4) is 0 Å². The summed E-state index contributed by atoms with van der Waals surface area (Å²) >= 11 is 0.959. The zero-order valence-corrected chi connectivity index (χ0v) is 11.0. The molecule has 0 fully saturated rings. The van der Waals surface area contributed by atoms with Gasteiger partial charge in [-0.1, -0.05) is 23.9 Å². The highest BCUT2D eigenvalue weighted by Crippen LogP contribution is 2.34. The summed E-state index contributed by atoms with van der Waals surface area (Å²) in [7, 11) is 1.75. The van der Waals surface area contributed by atoms with Gasteiger partial charge in [-0.2, -0.15) is 0 Å². The van der Waals surface area contributed by atoms with E-state index in [0.29, 0.717) is 11.4 Å². The predicted octanol–water partition coefficient (Wildman–Crippen LogP) is 3.97. The van der Waals surface area contributed by atoms with Gasteiger partial charge in [-0.15, -0.1) is 0 Å². The van der Waals surface area contributed by atoms with Crippen LogP contribution in [0.2, 0.25) is 0 Å². The molecule has 0 atom stereocenters. The van der Waals surface area contributed by atoms with Crippen LogP contribution in [0.1, 0.15) is 5.56 Å². The van der Waals surface area contributed by atoms with Gasteiger partial charge in [-0.05, 0) is 30.8 Å². The Morgan fingerprint density at radius 3 is 2.53 bits per heavy atom. The number of hydrogen-bond donors (Lipinski definition) is 1. The van der Waals surface area contributed by atoms with Gasteiger partial charge in [0.15, 0.2) is 0 Å². The van der Waals surface area contributed by atoms with Crippen LogP contribution in [0.25, 0.3) is 0 Å². The van der Waals surface area contributed by atoms with E-state index in [1.54, 1.807) is 19.2 Å². The molecule has 0 unspecified atom stereocenters. The summed E-state index contributed by atoms with van der Waals surface area (Å²) in [5, 5.41) is 2.93. The summed E-state index contributed by atoms with van der Waals surface area (Å²) < 4.78 is 40.2. The van der Waals surface area contributed by atoms with E-state index >= 15 is 0 Å². The first-order valence-electron chi connectivity index (χ1n) is 5.66. The molecule has 100 valence electrons. The third-order valence-corrected chi connectivity index (χ3v) is 3.73. The Morgan fingerprint density at radius 2 is 1.84 bits per heavy atom. The maximum atomic E-state index is 13.8. The second kappa shape index (κ2) is 6.12. The molecule has 0 spiro atoms. The molecule has 0 bridgehead atoms. The number of hydrogen-bond acceptors (Lipinski definition) is 2. The van der Waals surface area contributed by atoms with Crippen LogP contribution >= 0.6 is 11.8 Å². The lowest BCUT2D eigenvalue weighted by Gasteiger charge is -2.10. The van der Waals surface area contributed by atoms with Crippen molar-refractivity contribution in [1.82, 2.24) is 5.32 Å². The fraction of sp³-hybridized carbons (Fsp3) is 0.143. The lowest BCUT2D eigenvalue weighted by atomic mass is 10.2. The highest BCUT2D eigenvalue weighted by molar-refractivity contribution is 7.99. The first kappa shape index (κ1) is 14.0. The normalized spacial score (nSPS) is 10.7. The van der Waals surface area contributed by atoms with Crippen LogP contribution in [0.15, 0.2) is 46.2 Å². The third-order valence-electron chi connectivity index (χ3n) is 2.52. The zero-order valence-electron chi connectivity index (χ0n) is 10.2. The summed E-state index contributed by atoms with van der Waals surface area (Å²) in [4.78, 5) is 0.547.